The molecule has 2 aliphatic heterocycles. The monoisotopic (exact) mass is 412 g/mol. The number of amides is 2. The van der Waals surface area contributed by atoms with E-state index in [-0.39, 0.29) is 23.8 Å². The van der Waals surface area contributed by atoms with Crippen LogP contribution in [0.15, 0.2) is 41.2 Å². The van der Waals surface area contributed by atoms with Gasteiger partial charge >= 0.3 is 0 Å². The van der Waals surface area contributed by atoms with E-state index in [9.17, 15) is 9.59 Å². The number of hydrogen-bond donors (Lipinski definition) is 0. The van der Waals surface area contributed by atoms with E-state index < -0.39 is 0 Å². The molecule has 2 aromatic rings. The Morgan fingerprint density at radius 2 is 1.83 bits per heavy atom. The summed E-state index contributed by atoms with van der Waals surface area (Å²) in [6, 6.07) is 7.48. The third-order valence-corrected chi connectivity index (χ3v) is 6.24. The standard InChI is InChI=1S/C23H28N2O5/c1-28-18-5-6-19(21(14-18)29-2)20-4-3-10-25(20)23(27)16-7-11-24(12-8-16)22(26)17-9-13-30-15-17/h5-6,9,13-16,20H,3-4,7-8,10-12H2,1-2H3. The minimum absolute atomic E-state index is 0.0175. The number of benzene rings is 1. The van der Waals surface area contributed by atoms with Crippen LogP contribution in [0.4, 0.5) is 0 Å². The van der Waals surface area contributed by atoms with Crippen LogP contribution in [0.2, 0.25) is 0 Å². The average Bonchev–Trinajstić information content (AvgIpc) is 3.50. The van der Waals surface area contributed by atoms with Crippen molar-refractivity contribution < 1.29 is 23.5 Å². The molecule has 2 aliphatic rings. The Bertz CT molecular complexity index is 887. The highest BCUT2D eigenvalue weighted by atomic mass is 16.5. The molecule has 0 spiro atoms. The highest BCUT2D eigenvalue weighted by molar-refractivity contribution is 5.94. The van der Waals surface area contributed by atoms with Gasteiger partial charge in [-0.2, -0.15) is 0 Å². The van der Waals surface area contributed by atoms with Crippen molar-refractivity contribution in [3.8, 4) is 11.5 Å². The number of carbonyl (C=O) groups is 2. The molecule has 0 radical (unpaired) electrons. The van der Waals surface area contributed by atoms with E-state index in [1.54, 1.807) is 20.3 Å². The molecule has 1 atom stereocenters. The van der Waals surface area contributed by atoms with Crippen LogP contribution in [0, 0.1) is 5.92 Å². The third-order valence-electron chi connectivity index (χ3n) is 6.24. The second-order valence-electron chi connectivity index (χ2n) is 7.88. The summed E-state index contributed by atoms with van der Waals surface area (Å²) >= 11 is 0. The van der Waals surface area contributed by atoms with Gasteiger partial charge in [-0.15, -0.1) is 0 Å². The number of furan rings is 1. The molecule has 7 nitrogen and oxygen atoms in total. The Morgan fingerprint density at radius 3 is 2.50 bits per heavy atom. The van der Waals surface area contributed by atoms with Crippen LogP contribution >= 0.6 is 0 Å². The summed E-state index contributed by atoms with van der Waals surface area (Å²) in [5.74, 6) is 1.59. The average molecular weight is 412 g/mol. The van der Waals surface area contributed by atoms with E-state index >= 15 is 0 Å². The number of methoxy groups -OCH3 is 2. The number of ether oxygens (including phenoxy) is 2. The van der Waals surface area contributed by atoms with E-state index in [1.165, 1.54) is 12.5 Å². The third kappa shape index (κ3) is 3.88. The fourth-order valence-corrected chi connectivity index (χ4v) is 4.58. The van der Waals surface area contributed by atoms with E-state index in [0.717, 1.165) is 36.4 Å². The largest absolute Gasteiger partial charge is 0.497 e. The Labute approximate surface area is 176 Å². The van der Waals surface area contributed by atoms with Crippen molar-refractivity contribution in [3.63, 3.8) is 0 Å². The van der Waals surface area contributed by atoms with Crippen molar-refractivity contribution in [1.82, 2.24) is 9.80 Å². The fraction of sp³-hybridized carbons (Fsp3) is 0.478. The molecule has 1 aromatic heterocycles. The lowest BCUT2D eigenvalue weighted by atomic mass is 9.93. The molecule has 2 amide bonds. The molecule has 4 rings (SSSR count). The topological polar surface area (TPSA) is 72.2 Å². The predicted molar refractivity (Wildman–Crippen MR) is 111 cm³/mol. The molecule has 1 unspecified atom stereocenters. The number of hydrogen-bond acceptors (Lipinski definition) is 5. The van der Waals surface area contributed by atoms with Crippen LogP contribution in [-0.4, -0.2) is 55.5 Å². The maximum absolute atomic E-state index is 13.4. The Balaban J connectivity index is 1.43. The van der Waals surface area contributed by atoms with Gasteiger partial charge in [0.05, 0.1) is 32.1 Å². The number of carbonyl (C=O) groups excluding carboxylic acids is 2. The zero-order chi connectivity index (χ0) is 21.1. The van der Waals surface area contributed by atoms with E-state index in [2.05, 4.69) is 0 Å². The summed E-state index contributed by atoms with van der Waals surface area (Å²) in [4.78, 5) is 29.7. The lowest BCUT2D eigenvalue weighted by Gasteiger charge is -2.35. The van der Waals surface area contributed by atoms with E-state index in [4.69, 9.17) is 13.9 Å². The van der Waals surface area contributed by atoms with E-state index in [0.29, 0.717) is 31.5 Å². The van der Waals surface area contributed by atoms with Crippen molar-refractivity contribution in [2.45, 2.75) is 31.7 Å². The second kappa shape index (κ2) is 8.81. The van der Waals surface area contributed by atoms with Crippen LogP contribution in [0.25, 0.3) is 0 Å². The summed E-state index contributed by atoms with van der Waals surface area (Å²) < 4.78 is 15.9. The normalized spacial score (nSPS) is 19.7. The Kier molecular flexibility index (Phi) is 5.97. The first kappa shape index (κ1) is 20.3. The van der Waals surface area contributed by atoms with E-state index in [1.807, 2.05) is 28.0 Å². The summed E-state index contributed by atoms with van der Waals surface area (Å²) in [7, 11) is 3.27. The lowest BCUT2D eigenvalue weighted by Crippen LogP contribution is -2.44. The van der Waals surface area contributed by atoms with Gasteiger partial charge in [0.25, 0.3) is 5.91 Å². The van der Waals surface area contributed by atoms with Crippen LogP contribution in [-0.2, 0) is 4.79 Å². The first-order chi connectivity index (χ1) is 14.6. The van der Waals surface area contributed by atoms with Crippen molar-refractivity contribution in [2.75, 3.05) is 33.9 Å². The second-order valence-corrected chi connectivity index (χ2v) is 7.88. The molecular formula is C23H28N2O5. The highest BCUT2D eigenvalue weighted by Crippen LogP contribution is 2.40. The Hall–Kier alpha value is -2.96. The van der Waals surface area contributed by atoms with Crippen molar-refractivity contribution in [3.05, 3.63) is 47.9 Å². The summed E-state index contributed by atoms with van der Waals surface area (Å²) in [5.41, 5.74) is 1.59. The fourth-order valence-electron chi connectivity index (χ4n) is 4.58. The first-order valence-corrected chi connectivity index (χ1v) is 10.5. The smallest absolute Gasteiger partial charge is 0.257 e. The zero-order valence-corrected chi connectivity index (χ0v) is 17.5. The molecule has 0 aliphatic carbocycles. The van der Waals surface area contributed by atoms with Gasteiger partial charge in [-0.3, -0.25) is 9.59 Å². The van der Waals surface area contributed by atoms with Crippen LogP contribution < -0.4 is 9.47 Å². The molecule has 0 bridgehead atoms. The van der Waals surface area contributed by atoms with Crippen molar-refractivity contribution >= 4 is 11.8 Å². The maximum Gasteiger partial charge on any atom is 0.257 e. The Morgan fingerprint density at radius 1 is 1.03 bits per heavy atom. The number of piperidine rings is 1. The number of likely N-dealkylation sites (tertiary alicyclic amines) is 2. The first-order valence-electron chi connectivity index (χ1n) is 10.5. The van der Waals surface area contributed by atoms with Gasteiger partial charge < -0.3 is 23.7 Å². The molecule has 3 heterocycles. The van der Waals surface area contributed by atoms with Gasteiger partial charge in [-0.05, 0) is 43.9 Å². The minimum atomic E-state index is -0.0526. The molecule has 7 heteroatoms. The molecule has 1 aromatic carbocycles. The molecule has 30 heavy (non-hydrogen) atoms. The molecule has 160 valence electrons. The molecule has 2 fully saturated rings. The van der Waals surface area contributed by atoms with Gasteiger partial charge in [0.1, 0.15) is 17.8 Å². The number of nitrogens with zero attached hydrogens (tertiary/aromatic N) is 2. The van der Waals surface area contributed by atoms with Crippen molar-refractivity contribution in [2.24, 2.45) is 5.92 Å². The van der Waals surface area contributed by atoms with Crippen LogP contribution in [0.5, 0.6) is 11.5 Å². The SMILES string of the molecule is COc1ccc(C2CCCN2C(=O)C2CCN(C(=O)c3ccoc3)CC2)c(OC)c1. The summed E-state index contributed by atoms with van der Waals surface area (Å²) in [6.45, 7) is 1.93. The summed E-state index contributed by atoms with van der Waals surface area (Å²) in [6.07, 6.45) is 6.24. The molecule has 2 saturated heterocycles. The van der Waals surface area contributed by atoms with Gasteiger partial charge in [0, 0.05) is 37.2 Å². The zero-order valence-electron chi connectivity index (χ0n) is 17.5. The summed E-state index contributed by atoms with van der Waals surface area (Å²) in [5, 5.41) is 0. The number of rotatable bonds is 5. The lowest BCUT2D eigenvalue weighted by molar-refractivity contribution is -0.137. The molecular weight excluding hydrogens is 384 g/mol. The highest BCUT2D eigenvalue weighted by Gasteiger charge is 2.37. The minimum Gasteiger partial charge on any atom is -0.497 e. The van der Waals surface area contributed by atoms with Crippen LogP contribution in [0.1, 0.15) is 47.6 Å². The quantitative estimate of drug-likeness (QED) is 0.751. The van der Waals surface area contributed by atoms with Gasteiger partial charge in [0.2, 0.25) is 5.91 Å². The maximum atomic E-state index is 13.4. The molecule has 0 N–H and O–H groups in total. The predicted octanol–water partition coefficient (Wildman–Crippen LogP) is 3.51. The van der Waals surface area contributed by atoms with Gasteiger partial charge in [-0.1, -0.05) is 0 Å². The van der Waals surface area contributed by atoms with Gasteiger partial charge in [-0.25, -0.2) is 0 Å². The molecule has 0 saturated carbocycles. The van der Waals surface area contributed by atoms with Crippen LogP contribution in [0.3, 0.4) is 0 Å². The van der Waals surface area contributed by atoms with Gasteiger partial charge in [0.15, 0.2) is 0 Å². The van der Waals surface area contributed by atoms with Crippen molar-refractivity contribution in [1.29, 1.82) is 0 Å².